The number of H-pyrrole nitrogens is 2. The van der Waals surface area contributed by atoms with E-state index in [1.807, 2.05) is 60.7 Å². The SMILES string of the molecule is COc1ccc(-c2nc(SC(C(=O)c3c[nH]c4ccccc34)c3ccccc3)[nH]c(=O)c2C#N)cc1. The van der Waals surface area contributed by atoms with E-state index in [4.69, 9.17) is 4.74 Å². The van der Waals surface area contributed by atoms with Crippen LogP contribution >= 0.6 is 11.8 Å². The lowest BCUT2D eigenvalue weighted by Crippen LogP contribution is -2.16. The van der Waals surface area contributed by atoms with Crippen LogP contribution in [0.5, 0.6) is 5.75 Å². The van der Waals surface area contributed by atoms with E-state index in [2.05, 4.69) is 15.0 Å². The molecule has 2 N–H and O–H groups in total. The van der Waals surface area contributed by atoms with Gasteiger partial charge in [-0.25, -0.2) is 4.98 Å². The van der Waals surface area contributed by atoms with Crippen LogP contribution in [0.2, 0.25) is 0 Å². The quantitative estimate of drug-likeness (QED) is 0.176. The Morgan fingerprint density at radius 1 is 1.03 bits per heavy atom. The van der Waals surface area contributed by atoms with Crippen molar-refractivity contribution in [3.05, 3.63) is 112 Å². The topological polar surface area (TPSA) is 112 Å². The molecule has 0 spiro atoms. The molecular formula is C28H20N4O3S. The summed E-state index contributed by atoms with van der Waals surface area (Å²) in [5, 5.41) is 10.0. The number of para-hydroxylation sites is 1. The number of nitrogens with zero attached hydrogens (tertiary/aromatic N) is 2. The number of benzene rings is 3. The average Bonchev–Trinajstić information content (AvgIpc) is 3.36. The number of aromatic amines is 2. The predicted molar refractivity (Wildman–Crippen MR) is 139 cm³/mol. The van der Waals surface area contributed by atoms with Gasteiger partial charge in [0.2, 0.25) is 0 Å². The minimum atomic E-state index is -0.676. The first kappa shape index (κ1) is 23.1. The number of thioether (sulfide) groups is 1. The largest absolute Gasteiger partial charge is 0.497 e. The first-order chi connectivity index (χ1) is 17.6. The molecule has 0 aliphatic carbocycles. The summed E-state index contributed by atoms with van der Waals surface area (Å²) in [6.45, 7) is 0. The van der Waals surface area contributed by atoms with Gasteiger partial charge in [-0.15, -0.1) is 0 Å². The Morgan fingerprint density at radius 2 is 1.75 bits per heavy atom. The van der Waals surface area contributed by atoms with Gasteiger partial charge in [0, 0.05) is 28.2 Å². The lowest BCUT2D eigenvalue weighted by Gasteiger charge is -2.16. The smallest absolute Gasteiger partial charge is 0.270 e. The second-order valence-electron chi connectivity index (χ2n) is 7.96. The van der Waals surface area contributed by atoms with Crippen LogP contribution in [0.25, 0.3) is 22.2 Å². The molecule has 0 aliphatic rings. The van der Waals surface area contributed by atoms with Gasteiger partial charge >= 0.3 is 0 Å². The van der Waals surface area contributed by atoms with Gasteiger partial charge in [-0.05, 0) is 35.9 Å². The highest BCUT2D eigenvalue weighted by atomic mass is 32.2. The van der Waals surface area contributed by atoms with E-state index in [0.717, 1.165) is 28.2 Å². The highest BCUT2D eigenvalue weighted by molar-refractivity contribution is 8.00. The molecule has 0 amide bonds. The maximum absolute atomic E-state index is 13.8. The number of carbonyl (C=O) groups is 1. The Labute approximate surface area is 210 Å². The molecule has 0 saturated carbocycles. The number of hydrogen-bond donors (Lipinski definition) is 2. The summed E-state index contributed by atoms with van der Waals surface area (Å²) in [5.74, 6) is 0.520. The molecule has 0 aliphatic heterocycles. The normalized spacial score (nSPS) is 11.7. The number of aromatic nitrogens is 3. The third-order valence-corrected chi connectivity index (χ3v) is 6.94. The monoisotopic (exact) mass is 492 g/mol. The first-order valence-corrected chi connectivity index (χ1v) is 12.0. The predicted octanol–water partition coefficient (Wildman–Crippen LogP) is 5.51. The second kappa shape index (κ2) is 9.94. The Balaban J connectivity index is 1.59. The van der Waals surface area contributed by atoms with Gasteiger partial charge < -0.3 is 14.7 Å². The van der Waals surface area contributed by atoms with Crippen molar-refractivity contribution in [1.82, 2.24) is 15.0 Å². The molecule has 8 heteroatoms. The number of ketones is 1. The van der Waals surface area contributed by atoms with Crippen LogP contribution in [0.3, 0.4) is 0 Å². The fraction of sp³-hybridized carbons (Fsp3) is 0.0714. The van der Waals surface area contributed by atoms with Crippen LogP contribution in [0, 0.1) is 11.3 Å². The summed E-state index contributed by atoms with van der Waals surface area (Å²) in [6.07, 6.45) is 1.71. The number of hydrogen-bond acceptors (Lipinski definition) is 6. The maximum Gasteiger partial charge on any atom is 0.270 e. The van der Waals surface area contributed by atoms with Crippen LogP contribution in [0.1, 0.15) is 26.7 Å². The number of fused-ring (bicyclic) bond motifs is 1. The zero-order chi connectivity index (χ0) is 25.1. The van der Waals surface area contributed by atoms with Gasteiger partial charge in [-0.1, -0.05) is 60.3 Å². The molecule has 5 aromatic rings. The van der Waals surface area contributed by atoms with Gasteiger partial charge in [0.15, 0.2) is 10.9 Å². The first-order valence-electron chi connectivity index (χ1n) is 11.1. The molecule has 36 heavy (non-hydrogen) atoms. The Bertz CT molecular complexity index is 1650. The molecule has 176 valence electrons. The molecule has 1 atom stereocenters. The van der Waals surface area contributed by atoms with E-state index < -0.39 is 10.8 Å². The van der Waals surface area contributed by atoms with E-state index in [1.165, 1.54) is 0 Å². The van der Waals surface area contributed by atoms with Crippen molar-refractivity contribution in [2.24, 2.45) is 0 Å². The zero-order valence-electron chi connectivity index (χ0n) is 19.2. The minimum Gasteiger partial charge on any atom is -0.497 e. The number of ether oxygens (including phenoxy) is 1. The van der Waals surface area contributed by atoms with Crippen molar-refractivity contribution < 1.29 is 9.53 Å². The van der Waals surface area contributed by atoms with E-state index in [9.17, 15) is 14.9 Å². The summed E-state index contributed by atoms with van der Waals surface area (Å²) in [6, 6.07) is 25.9. The Hall–Kier alpha value is -4.61. The summed E-state index contributed by atoms with van der Waals surface area (Å²) in [5.41, 5.74) is 2.38. The summed E-state index contributed by atoms with van der Waals surface area (Å²) in [4.78, 5) is 37.1. The van der Waals surface area contributed by atoms with Gasteiger partial charge in [0.25, 0.3) is 5.56 Å². The Morgan fingerprint density at radius 3 is 2.47 bits per heavy atom. The molecule has 3 aromatic carbocycles. The molecule has 7 nitrogen and oxygen atoms in total. The Kier molecular flexibility index (Phi) is 6.39. The number of methoxy groups -OCH3 is 1. The van der Waals surface area contributed by atoms with Crippen LogP contribution in [-0.4, -0.2) is 27.8 Å². The van der Waals surface area contributed by atoms with Crippen molar-refractivity contribution in [3.63, 3.8) is 0 Å². The number of carbonyl (C=O) groups excluding carboxylic acids is 1. The number of nitriles is 1. The van der Waals surface area contributed by atoms with Gasteiger partial charge in [-0.2, -0.15) is 5.26 Å². The molecule has 2 aromatic heterocycles. The van der Waals surface area contributed by atoms with Crippen molar-refractivity contribution in [1.29, 1.82) is 5.26 Å². The van der Waals surface area contributed by atoms with Crippen LogP contribution < -0.4 is 10.3 Å². The fourth-order valence-corrected chi connectivity index (χ4v) is 5.04. The third kappa shape index (κ3) is 4.40. The van der Waals surface area contributed by atoms with Gasteiger partial charge in [0.05, 0.1) is 12.8 Å². The van der Waals surface area contributed by atoms with Crippen LogP contribution in [0.15, 0.2) is 95.0 Å². The number of rotatable bonds is 7. The molecule has 0 radical (unpaired) electrons. The molecule has 0 saturated heterocycles. The van der Waals surface area contributed by atoms with Gasteiger partial charge in [0.1, 0.15) is 22.6 Å². The lowest BCUT2D eigenvalue weighted by molar-refractivity contribution is 0.0991. The lowest BCUT2D eigenvalue weighted by atomic mass is 10.0. The van der Waals surface area contributed by atoms with E-state index >= 15 is 0 Å². The van der Waals surface area contributed by atoms with E-state index in [1.54, 1.807) is 37.6 Å². The summed E-state index contributed by atoms with van der Waals surface area (Å²) >= 11 is 1.14. The van der Waals surface area contributed by atoms with Gasteiger partial charge in [-0.3, -0.25) is 9.59 Å². The second-order valence-corrected chi connectivity index (χ2v) is 9.05. The highest BCUT2D eigenvalue weighted by Crippen LogP contribution is 2.38. The standard InChI is InChI=1S/C28H20N4O3S/c1-35-19-13-11-17(12-14-19)24-21(15-29)27(34)32-28(31-24)36-26(18-7-3-2-4-8-18)25(33)22-16-30-23-10-6-5-9-20(22)23/h2-14,16,26,30H,1H3,(H,31,32,34). The molecule has 0 fully saturated rings. The number of Topliss-reactive ketones (excluding diaryl/α,β-unsaturated/α-hetero) is 1. The van der Waals surface area contributed by atoms with Crippen molar-refractivity contribution in [3.8, 4) is 23.1 Å². The molecule has 1 unspecified atom stereocenters. The van der Waals surface area contributed by atoms with E-state index in [-0.39, 0.29) is 22.2 Å². The maximum atomic E-state index is 13.8. The van der Waals surface area contributed by atoms with Crippen molar-refractivity contribution in [2.45, 2.75) is 10.4 Å². The van der Waals surface area contributed by atoms with E-state index in [0.29, 0.717) is 16.9 Å². The minimum absolute atomic E-state index is 0.0938. The zero-order valence-corrected chi connectivity index (χ0v) is 20.0. The fourth-order valence-electron chi connectivity index (χ4n) is 4.00. The summed E-state index contributed by atoms with van der Waals surface area (Å²) < 4.78 is 5.21. The third-order valence-electron chi connectivity index (χ3n) is 5.80. The van der Waals surface area contributed by atoms with Crippen molar-refractivity contribution >= 4 is 28.4 Å². The molecular weight excluding hydrogens is 472 g/mol. The van der Waals surface area contributed by atoms with Crippen LogP contribution in [0.4, 0.5) is 0 Å². The summed E-state index contributed by atoms with van der Waals surface area (Å²) in [7, 11) is 1.56. The van der Waals surface area contributed by atoms with Crippen molar-refractivity contribution in [2.75, 3.05) is 7.11 Å². The molecule has 5 rings (SSSR count). The highest BCUT2D eigenvalue weighted by Gasteiger charge is 2.27. The average molecular weight is 493 g/mol. The molecule has 0 bridgehead atoms. The molecule has 2 heterocycles. The van der Waals surface area contributed by atoms with Crippen LogP contribution in [-0.2, 0) is 0 Å². The number of nitrogens with one attached hydrogen (secondary N) is 2.